The third-order valence-electron chi connectivity index (χ3n) is 1.94. The molecule has 86 valence electrons. The van der Waals surface area contributed by atoms with Gasteiger partial charge in [0.2, 0.25) is 5.91 Å². The standard InChI is InChI=1S/C11H13ClN2O2/c1-14(2)11(16)8-3-5-9(6-4-8)13-10(15)7-12/h3-6H,7H2,1-2H3,(H,13,15). The van der Waals surface area contributed by atoms with Crippen LogP contribution in [0.3, 0.4) is 0 Å². The van der Waals surface area contributed by atoms with Gasteiger partial charge < -0.3 is 10.2 Å². The topological polar surface area (TPSA) is 49.4 Å². The van der Waals surface area contributed by atoms with Crippen LogP contribution in [0.5, 0.6) is 0 Å². The number of alkyl halides is 1. The summed E-state index contributed by atoms with van der Waals surface area (Å²) in [5, 5.41) is 2.59. The maximum Gasteiger partial charge on any atom is 0.253 e. The smallest absolute Gasteiger partial charge is 0.253 e. The number of hydrogen-bond donors (Lipinski definition) is 1. The quantitative estimate of drug-likeness (QED) is 0.816. The summed E-state index contributed by atoms with van der Waals surface area (Å²) >= 11 is 5.35. The number of amides is 2. The summed E-state index contributed by atoms with van der Waals surface area (Å²) in [4.78, 5) is 24.0. The molecule has 0 aliphatic carbocycles. The van der Waals surface area contributed by atoms with E-state index >= 15 is 0 Å². The van der Waals surface area contributed by atoms with Crippen LogP contribution in [0.2, 0.25) is 0 Å². The Morgan fingerprint density at radius 1 is 1.25 bits per heavy atom. The van der Waals surface area contributed by atoms with Crippen molar-refractivity contribution < 1.29 is 9.59 Å². The summed E-state index contributed by atoms with van der Waals surface area (Å²) in [6, 6.07) is 6.65. The van der Waals surface area contributed by atoms with Crippen LogP contribution in [0.15, 0.2) is 24.3 Å². The Morgan fingerprint density at radius 3 is 2.25 bits per heavy atom. The second-order valence-electron chi connectivity index (χ2n) is 3.46. The predicted octanol–water partition coefficient (Wildman–Crippen LogP) is 1.57. The largest absolute Gasteiger partial charge is 0.345 e. The highest BCUT2D eigenvalue weighted by Gasteiger charge is 2.07. The van der Waals surface area contributed by atoms with E-state index in [1.807, 2.05) is 0 Å². The molecule has 5 heteroatoms. The van der Waals surface area contributed by atoms with E-state index in [0.29, 0.717) is 11.3 Å². The zero-order valence-electron chi connectivity index (χ0n) is 9.16. The second kappa shape index (κ2) is 5.51. The van der Waals surface area contributed by atoms with E-state index in [0.717, 1.165) is 0 Å². The van der Waals surface area contributed by atoms with E-state index < -0.39 is 0 Å². The van der Waals surface area contributed by atoms with E-state index in [4.69, 9.17) is 11.6 Å². The number of nitrogens with zero attached hydrogens (tertiary/aromatic N) is 1. The molecule has 0 saturated carbocycles. The van der Waals surface area contributed by atoms with Gasteiger partial charge in [0.1, 0.15) is 5.88 Å². The van der Waals surface area contributed by atoms with Gasteiger partial charge in [0.25, 0.3) is 5.91 Å². The molecule has 0 unspecified atom stereocenters. The fourth-order valence-corrected chi connectivity index (χ4v) is 1.22. The van der Waals surface area contributed by atoms with Gasteiger partial charge in [-0.15, -0.1) is 11.6 Å². The van der Waals surface area contributed by atoms with Crippen LogP contribution in [0, 0.1) is 0 Å². The van der Waals surface area contributed by atoms with Gasteiger partial charge in [0.05, 0.1) is 0 Å². The molecule has 1 N–H and O–H groups in total. The van der Waals surface area contributed by atoms with Crippen LogP contribution in [-0.4, -0.2) is 36.7 Å². The number of halogens is 1. The Balaban J connectivity index is 2.75. The van der Waals surface area contributed by atoms with Crippen molar-refractivity contribution in [1.82, 2.24) is 4.90 Å². The normalized spacial score (nSPS) is 9.69. The van der Waals surface area contributed by atoms with Crippen LogP contribution in [0.25, 0.3) is 0 Å². The fraction of sp³-hybridized carbons (Fsp3) is 0.273. The van der Waals surface area contributed by atoms with E-state index in [1.54, 1.807) is 38.4 Å². The van der Waals surface area contributed by atoms with Crippen LogP contribution >= 0.6 is 11.6 Å². The lowest BCUT2D eigenvalue weighted by molar-refractivity contribution is -0.113. The van der Waals surface area contributed by atoms with Crippen LogP contribution in [0.1, 0.15) is 10.4 Å². The molecule has 4 nitrogen and oxygen atoms in total. The monoisotopic (exact) mass is 240 g/mol. The molecule has 1 aromatic rings. The minimum Gasteiger partial charge on any atom is -0.345 e. The lowest BCUT2D eigenvalue weighted by Gasteiger charge is -2.10. The van der Waals surface area contributed by atoms with Gasteiger partial charge in [0.15, 0.2) is 0 Å². The summed E-state index contributed by atoms with van der Waals surface area (Å²) in [5.41, 5.74) is 1.20. The third kappa shape index (κ3) is 3.24. The van der Waals surface area contributed by atoms with Crippen LogP contribution in [-0.2, 0) is 4.79 Å². The Kier molecular flexibility index (Phi) is 4.31. The van der Waals surface area contributed by atoms with Crippen molar-refractivity contribution in [2.45, 2.75) is 0 Å². The Hall–Kier alpha value is -1.55. The SMILES string of the molecule is CN(C)C(=O)c1ccc(NC(=O)CCl)cc1. The molecule has 0 aliphatic rings. The maximum atomic E-state index is 11.6. The summed E-state index contributed by atoms with van der Waals surface area (Å²) in [6.45, 7) is 0. The number of rotatable bonds is 3. The minimum absolute atomic E-state index is 0.0739. The van der Waals surface area contributed by atoms with Gasteiger partial charge in [-0.1, -0.05) is 0 Å². The van der Waals surface area contributed by atoms with E-state index in [9.17, 15) is 9.59 Å². The first-order valence-corrected chi connectivity index (χ1v) is 5.25. The number of nitrogens with one attached hydrogen (secondary N) is 1. The summed E-state index contributed by atoms with van der Waals surface area (Å²) < 4.78 is 0. The van der Waals surface area contributed by atoms with Crippen molar-refractivity contribution in [3.8, 4) is 0 Å². The minimum atomic E-state index is -0.270. The first-order chi connectivity index (χ1) is 7.54. The van der Waals surface area contributed by atoms with Gasteiger partial charge in [-0.25, -0.2) is 0 Å². The molecule has 0 spiro atoms. The molecule has 0 fully saturated rings. The zero-order chi connectivity index (χ0) is 12.1. The molecule has 0 aliphatic heterocycles. The number of carbonyl (C=O) groups excluding carboxylic acids is 2. The lowest BCUT2D eigenvalue weighted by atomic mass is 10.2. The van der Waals surface area contributed by atoms with E-state index in [1.165, 1.54) is 4.90 Å². The molecule has 0 radical (unpaired) electrons. The molecule has 16 heavy (non-hydrogen) atoms. The molecule has 0 bridgehead atoms. The van der Waals surface area contributed by atoms with Gasteiger partial charge in [-0.2, -0.15) is 0 Å². The number of benzene rings is 1. The molecule has 0 saturated heterocycles. The van der Waals surface area contributed by atoms with Gasteiger partial charge in [0, 0.05) is 25.3 Å². The van der Waals surface area contributed by atoms with Crippen LogP contribution in [0.4, 0.5) is 5.69 Å². The zero-order valence-corrected chi connectivity index (χ0v) is 9.91. The van der Waals surface area contributed by atoms with Gasteiger partial charge in [-0.3, -0.25) is 9.59 Å². The van der Waals surface area contributed by atoms with Crippen molar-refractivity contribution >= 4 is 29.1 Å². The summed E-state index contributed by atoms with van der Waals surface area (Å²) in [7, 11) is 3.37. The molecule has 0 atom stereocenters. The average Bonchev–Trinajstić information content (AvgIpc) is 2.28. The van der Waals surface area contributed by atoms with Crippen molar-refractivity contribution in [1.29, 1.82) is 0 Å². The second-order valence-corrected chi connectivity index (χ2v) is 3.73. The van der Waals surface area contributed by atoms with Crippen molar-refractivity contribution in [3.63, 3.8) is 0 Å². The molecule has 1 rings (SSSR count). The number of anilines is 1. The molecule has 0 aromatic heterocycles. The summed E-state index contributed by atoms with van der Waals surface area (Å²) in [6.07, 6.45) is 0. The highest BCUT2D eigenvalue weighted by atomic mass is 35.5. The number of hydrogen-bond acceptors (Lipinski definition) is 2. The first kappa shape index (κ1) is 12.5. The van der Waals surface area contributed by atoms with Crippen molar-refractivity contribution in [2.75, 3.05) is 25.3 Å². The molecule has 1 aromatic carbocycles. The first-order valence-electron chi connectivity index (χ1n) is 4.72. The summed E-state index contributed by atoms with van der Waals surface area (Å²) in [5.74, 6) is -0.429. The predicted molar refractivity (Wildman–Crippen MR) is 63.8 cm³/mol. The molecular weight excluding hydrogens is 228 g/mol. The Labute approximate surface area is 99.2 Å². The van der Waals surface area contributed by atoms with Crippen molar-refractivity contribution in [3.05, 3.63) is 29.8 Å². The van der Waals surface area contributed by atoms with Crippen molar-refractivity contribution in [2.24, 2.45) is 0 Å². The van der Waals surface area contributed by atoms with E-state index in [2.05, 4.69) is 5.32 Å². The highest BCUT2D eigenvalue weighted by Crippen LogP contribution is 2.10. The average molecular weight is 241 g/mol. The lowest BCUT2D eigenvalue weighted by Crippen LogP contribution is -2.21. The van der Waals surface area contributed by atoms with Crippen LogP contribution < -0.4 is 5.32 Å². The third-order valence-corrected chi connectivity index (χ3v) is 2.19. The number of carbonyl (C=O) groups is 2. The van der Waals surface area contributed by atoms with Gasteiger partial charge >= 0.3 is 0 Å². The molecular formula is C11H13ClN2O2. The molecule has 2 amide bonds. The Morgan fingerprint density at radius 2 is 1.81 bits per heavy atom. The fourth-order valence-electron chi connectivity index (χ4n) is 1.15. The Bertz CT molecular complexity index is 387. The molecule has 0 heterocycles. The highest BCUT2D eigenvalue weighted by molar-refractivity contribution is 6.29. The van der Waals surface area contributed by atoms with Gasteiger partial charge in [-0.05, 0) is 24.3 Å². The maximum absolute atomic E-state index is 11.6. The van der Waals surface area contributed by atoms with E-state index in [-0.39, 0.29) is 17.7 Å².